The van der Waals surface area contributed by atoms with Crippen molar-refractivity contribution in [3.8, 4) is 0 Å². The number of benzene rings is 1. The maximum atomic E-state index is 5.49. The molecule has 96 valence electrons. The van der Waals surface area contributed by atoms with Gasteiger partial charge in [0.15, 0.2) is 4.77 Å². The minimum absolute atomic E-state index is 0.428. The SMILES string of the molecule is CC1(Cn2c(=S)[nH]c3cnc4ccccc4c32)CC1. The molecule has 1 fully saturated rings. The summed E-state index contributed by atoms with van der Waals surface area (Å²) in [5, 5.41) is 1.18. The van der Waals surface area contributed by atoms with Crippen molar-refractivity contribution in [2.45, 2.75) is 26.3 Å². The Kier molecular flexibility index (Phi) is 2.16. The van der Waals surface area contributed by atoms with Crippen molar-refractivity contribution < 1.29 is 0 Å². The number of fused-ring (bicyclic) bond motifs is 3. The Labute approximate surface area is 116 Å². The zero-order chi connectivity index (χ0) is 13.0. The number of aromatic amines is 1. The largest absolute Gasteiger partial charge is 0.329 e. The van der Waals surface area contributed by atoms with Crippen LogP contribution in [0.5, 0.6) is 0 Å². The zero-order valence-electron chi connectivity index (χ0n) is 10.8. The van der Waals surface area contributed by atoms with Crippen molar-refractivity contribution in [2.24, 2.45) is 5.41 Å². The normalized spacial score (nSPS) is 17.1. The van der Waals surface area contributed by atoms with Crippen LogP contribution in [0, 0.1) is 10.2 Å². The molecular weight excluding hydrogens is 254 g/mol. The number of aromatic nitrogens is 3. The lowest BCUT2D eigenvalue weighted by atomic mass is 10.1. The fraction of sp³-hybridized carbons (Fsp3) is 0.333. The summed E-state index contributed by atoms with van der Waals surface area (Å²) in [6.45, 7) is 3.33. The summed E-state index contributed by atoms with van der Waals surface area (Å²) in [6.07, 6.45) is 4.48. The molecule has 3 nitrogen and oxygen atoms in total. The second-order valence-electron chi connectivity index (χ2n) is 5.86. The highest BCUT2D eigenvalue weighted by Gasteiger charge is 2.38. The van der Waals surface area contributed by atoms with E-state index in [4.69, 9.17) is 12.2 Å². The first-order valence-electron chi connectivity index (χ1n) is 6.63. The summed E-state index contributed by atoms with van der Waals surface area (Å²) in [4.78, 5) is 7.77. The number of para-hydroxylation sites is 1. The molecule has 1 aliphatic rings. The predicted octanol–water partition coefficient (Wildman–Crippen LogP) is 4.05. The molecule has 0 bridgehead atoms. The molecule has 0 spiro atoms. The molecule has 1 aliphatic carbocycles. The van der Waals surface area contributed by atoms with Gasteiger partial charge in [0.1, 0.15) is 0 Å². The molecule has 1 saturated carbocycles. The number of H-pyrrole nitrogens is 1. The molecule has 19 heavy (non-hydrogen) atoms. The molecule has 0 atom stereocenters. The molecule has 0 saturated heterocycles. The Morgan fingerprint density at radius 2 is 2.16 bits per heavy atom. The van der Waals surface area contributed by atoms with Gasteiger partial charge in [0.05, 0.1) is 22.7 Å². The maximum absolute atomic E-state index is 5.49. The summed E-state index contributed by atoms with van der Waals surface area (Å²) >= 11 is 5.49. The molecule has 0 amide bonds. The van der Waals surface area contributed by atoms with E-state index in [0.29, 0.717) is 5.41 Å². The van der Waals surface area contributed by atoms with Crippen LogP contribution in [0.1, 0.15) is 19.8 Å². The van der Waals surface area contributed by atoms with Crippen LogP contribution in [-0.4, -0.2) is 14.5 Å². The monoisotopic (exact) mass is 269 g/mol. The van der Waals surface area contributed by atoms with Crippen LogP contribution >= 0.6 is 12.2 Å². The van der Waals surface area contributed by atoms with Gasteiger partial charge in [-0.15, -0.1) is 0 Å². The van der Waals surface area contributed by atoms with Crippen molar-refractivity contribution in [1.29, 1.82) is 0 Å². The van der Waals surface area contributed by atoms with E-state index in [9.17, 15) is 0 Å². The minimum atomic E-state index is 0.428. The van der Waals surface area contributed by atoms with Gasteiger partial charge < -0.3 is 9.55 Å². The predicted molar refractivity (Wildman–Crippen MR) is 79.8 cm³/mol. The lowest BCUT2D eigenvalue weighted by molar-refractivity contribution is 0.470. The Morgan fingerprint density at radius 3 is 2.95 bits per heavy atom. The molecular formula is C15H15N3S. The first kappa shape index (κ1) is 11.2. The van der Waals surface area contributed by atoms with E-state index >= 15 is 0 Å². The summed E-state index contributed by atoms with van der Waals surface area (Å²) < 4.78 is 3.06. The third-order valence-electron chi connectivity index (χ3n) is 4.15. The first-order valence-corrected chi connectivity index (χ1v) is 7.03. The van der Waals surface area contributed by atoms with Crippen molar-refractivity contribution >= 4 is 34.2 Å². The standard InChI is InChI=1S/C15H15N3S/c1-15(6-7-15)9-18-13-10-4-2-3-5-11(10)16-8-12(13)17-14(18)19/h2-5,8H,6-7,9H2,1H3,(H,17,19). The summed E-state index contributed by atoms with van der Waals surface area (Å²) in [6, 6.07) is 8.25. The smallest absolute Gasteiger partial charge is 0.178 e. The Morgan fingerprint density at radius 1 is 1.37 bits per heavy atom. The lowest BCUT2D eigenvalue weighted by Crippen LogP contribution is -2.08. The van der Waals surface area contributed by atoms with Crippen molar-refractivity contribution in [1.82, 2.24) is 14.5 Å². The number of nitrogens with zero attached hydrogens (tertiary/aromatic N) is 2. The van der Waals surface area contributed by atoms with Gasteiger partial charge in [-0.05, 0) is 36.5 Å². The molecule has 0 radical (unpaired) electrons. The highest BCUT2D eigenvalue weighted by atomic mass is 32.1. The van der Waals surface area contributed by atoms with Gasteiger partial charge in [-0.25, -0.2) is 0 Å². The number of hydrogen-bond donors (Lipinski definition) is 1. The van der Waals surface area contributed by atoms with Crippen molar-refractivity contribution in [3.05, 3.63) is 35.2 Å². The van der Waals surface area contributed by atoms with Crippen LogP contribution in [0.15, 0.2) is 30.5 Å². The average molecular weight is 269 g/mol. The van der Waals surface area contributed by atoms with Gasteiger partial charge in [-0.1, -0.05) is 25.1 Å². The van der Waals surface area contributed by atoms with Crippen molar-refractivity contribution in [2.75, 3.05) is 0 Å². The number of pyridine rings is 1. The summed E-state index contributed by atoms with van der Waals surface area (Å²) in [5.74, 6) is 0. The molecule has 0 unspecified atom stereocenters. The van der Waals surface area contributed by atoms with Crippen LogP contribution in [0.4, 0.5) is 0 Å². The molecule has 4 rings (SSSR count). The number of rotatable bonds is 2. The lowest BCUT2D eigenvalue weighted by Gasteiger charge is -2.11. The van der Waals surface area contributed by atoms with Crippen molar-refractivity contribution in [3.63, 3.8) is 0 Å². The highest BCUT2D eigenvalue weighted by molar-refractivity contribution is 7.71. The molecule has 4 heteroatoms. The van der Waals surface area contributed by atoms with Crippen LogP contribution in [0.2, 0.25) is 0 Å². The highest BCUT2D eigenvalue weighted by Crippen LogP contribution is 2.47. The third kappa shape index (κ3) is 1.70. The maximum Gasteiger partial charge on any atom is 0.178 e. The third-order valence-corrected chi connectivity index (χ3v) is 4.47. The van der Waals surface area contributed by atoms with Gasteiger partial charge in [-0.3, -0.25) is 4.98 Å². The van der Waals surface area contributed by atoms with E-state index in [2.05, 4.69) is 33.6 Å². The molecule has 2 aromatic heterocycles. The second kappa shape index (κ2) is 3.67. The van der Waals surface area contributed by atoms with Crippen LogP contribution < -0.4 is 0 Å². The summed E-state index contributed by atoms with van der Waals surface area (Å²) in [5.41, 5.74) is 3.69. The number of nitrogens with one attached hydrogen (secondary N) is 1. The topological polar surface area (TPSA) is 33.6 Å². The molecule has 3 aromatic rings. The van der Waals surface area contributed by atoms with Gasteiger partial charge in [-0.2, -0.15) is 0 Å². The van der Waals surface area contributed by atoms with Gasteiger partial charge >= 0.3 is 0 Å². The van der Waals surface area contributed by atoms with Gasteiger partial charge in [0.25, 0.3) is 0 Å². The number of hydrogen-bond acceptors (Lipinski definition) is 2. The fourth-order valence-corrected chi connectivity index (χ4v) is 2.96. The minimum Gasteiger partial charge on any atom is -0.329 e. The zero-order valence-corrected chi connectivity index (χ0v) is 11.6. The molecule has 0 aliphatic heterocycles. The van der Waals surface area contributed by atoms with E-state index < -0.39 is 0 Å². The molecule has 1 N–H and O–H groups in total. The van der Waals surface area contributed by atoms with Crippen LogP contribution in [0.25, 0.3) is 21.9 Å². The van der Waals surface area contributed by atoms with Gasteiger partial charge in [0.2, 0.25) is 0 Å². The Hall–Kier alpha value is -1.68. The van der Waals surface area contributed by atoms with E-state index in [0.717, 1.165) is 22.3 Å². The average Bonchev–Trinajstić information content (AvgIpc) is 3.05. The van der Waals surface area contributed by atoms with Crippen LogP contribution in [-0.2, 0) is 6.54 Å². The van der Waals surface area contributed by atoms with Gasteiger partial charge in [0, 0.05) is 11.9 Å². The van der Waals surface area contributed by atoms with E-state index in [1.807, 2.05) is 18.3 Å². The van der Waals surface area contributed by atoms with E-state index in [-0.39, 0.29) is 0 Å². The van der Waals surface area contributed by atoms with Crippen LogP contribution in [0.3, 0.4) is 0 Å². The quantitative estimate of drug-likeness (QED) is 0.712. The second-order valence-corrected chi connectivity index (χ2v) is 6.25. The molecule has 1 aromatic carbocycles. The summed E-state index contributed by atoms with van der Waals surface area (Å²) in [7, 11) is 0. The van der Waals surface area contributed by atoms with E-state index in [1.165, 1.54) is 23.7 Å². The number of imidazole rings is 1. The fourth-order valence-electron chi connectivity index (χ4n) is 2.70. The Bertz CT molecular complexity index is 839. The van der Waals surface area contributed by atoms with E-state index in [1.54, 1.807) is 0 Å². The Balaban J connectivity index is 2.07. The first-order chi connectivity index (χ1) is 9.16. The molecule has 2 heterocycles.